The summed E-state index contributed by atoms with van der Waals surface area (Å²) in [5.41, 5.74) is -0.802. The molecule has 1 aliphatic rings. The fourth-order valence-corrected chi connectivity index (χ4v) is 5.69. The van der Waals surface area contributed by atoms with Gasteiger partial charge in [0.2, 0.25) is 11.8 Å². The van der Waals surface area contributed by atoms with Gasteiger partial charge in [-0.1, -0.05) is 11.2 Å². The second-order valence-electron chi connectivity index (χ2n) is 6.47. The van der Waals surface area contributed by atoms with E-state index < -0.39 is 21.6 Å². The van der Waals surface area contributed by atoms with Crippen molar-refractivity contribution in [2.75, 3.05) is 6.54 Å². The van der Waals surface area contributed by atoms with E-state index in [1.165, 1.54) is 22.6 Å². The minimum atomic E-state index is -3.58. The first-order valence-corrected chi connectivity index (χ1v) is 10.2. The van der Waals surface area contributed by atoms with Gasteiger partial charge in [0.15, 0.2) is 5.82 Å². The Labute approximate surface area is 150 Å². The van der Waals surface area contributed by atoms with Gasteiger partial charge in [0.25, 0.3) is 10.0 Å². The van der Waals surface area contributed by atoms with E-state index in [1.54, 1.807) is 31.4 Å². The van der Waals surface area contributed by atoms with E-state index in [0.717, 1.165) is 6.42 Å². The number of sulfonamides is 1. The number of nitrogens with one attached hydrogen (secondary N) is 1. The van der Waals surface area contributed by atoms with E-state index in [0.29, 0.717) is 23.0 Å². The number of carbonyl (C=O) groups excluding carboxylic acids is 1. The zero-order valence-electron chi connectivity index (χ0n) is 14.2. The van der Waals surface area contributed by atoms with E-state index in [9.17, 15) is 13.2 Å². The van der Waals surface area contributed by atoms with Crippen LogP contribution in [-0.2, 0) is 20.4 Å². The fourth-order valence-electron chi connectivity index (χ4n) is 2.92. The summed E-state index contributed by atoms with van der Waals surface area (Å²) in [4.78, 5) is 15.7. The molecule has 3 rings (SSSR count). The van der Waals surface area contributed by atoms with Crippen molar-refractivity contribution in [3.05, 3.63) is 29.2 Å². The third-order valence-corrected chi connectivity index (χ3v) is 7.32. The van der Waals surface area contributed by atoms with E-state index in [1.807, 2.05) is 0 Å². The molecule has 1 amide bonds. The van der Waals surface area contributed by atoms with Crippen LogP contribution in [0, 0.1) is 0 Å². The Morgan fingerprint density at radius 2 is 2.24 bits per heavy atom. The van der Waals surface area contributed by atoms with Crippen molar-refractivity contribution in [2.24, 2.45) is 0 Å². The highest BCUT2D eigenvalue weighted by atomic mass is 32.2. The number of nitrogens with zero attached hydrogens (tertiary/aromatic N) is 3. The molecule has 1 fully saturated rings. The molecule has 0 spiro atoms. The lowest BCUT2D eigenvalue weighted by atomic mass is 10.1. The number of aromatic nitrogens is 2. The Hall–Kier alpha value is -1.78. The first-order valence-electron chi connectivity index (χ1n) is 7.90. The van der Waals surface area contributed by atoms with Gasteiger partial charge >= 0.3 is 0 Å². The molecule has 0 aromatic carbocycles. The molecule has 8 nitrogen and oxygen atoms in total. The summed E-state index contributed by atoms with van der Waals surface area (Å²) in [5, 5.41) is 8.43. The highest BCUT2D eigenvalue weighted by Gasteiger charge is 2.40. The molecule has 136 valence electrons. The van der Waals surface area contributed by atoms with Gasteiger partial charge in [0.1, 0.15) is 10.3 Å². The lowest BCUT2D eigenvalue weighted by molar-refractivity contribution is -0.120. The van der Waals surface area contributed by atoms with Gasteiger partial charge in [-0.05, 0) is 38.1 Å². The summed E-state index contributed by atoms with van der Waals surface area (Å²) in [5.74, 6) is 0.364. The molecule has 0 saturated carbocycles. The summed E-state index contributed by atoms with van der Waals surface area (Å²) in [6.07, 6.45) is 1.34. The van der Waals surface area contributed by atoms with Crippen LogP contribution >= 0.6 is 11.3 Å². The van der Waals surface area contributed by atoms with Crippen LogP contribution in [0.1, 0.15) is 51.4 Å². The molecule has 1 atom stereocenters. The number of hydrogen-bond donors (Lipinski definition) is 1. The lowest BCUT2D eigenvalue weighted by Crippen LogP contribution is -2.40. The largest absolute Gasteiger partial charge is 0.344 e. The molecule has 10 heteroatoms. The molecule has 0 aliphatic carbocycles. The molecule has 1 saturated heterocycles. The van der Waals surface area contributed by atoms with Crippen molar-refractivity contribution in [3.63, 3.8) is 0 Å². The molecule has 1 aliphatic heterocycles. The van der Waals surface area contributed by atoms with Crippen molar-refractivity contribution < 1.29 is 17.7 Å². The predicted octanol–water partition coefficient (Wildman–Crippen LogP) is 2.03. The molecular formula is C15H20N4O4S2. The summed E-state index contributed by atoms with van der Waals surface area (Å²) in [6.45, 7) is 5.35. The second-order valence-corrected chi connectivity index (χ2v) is 9.53. The van der Waals surface area contributed by atoms with E-state index >= 15 is 0 Å². The summed E-state index contributed by atoms with van der Waals surface area (Å²) >= 11 is 1.19. The van der Waals surface area contributed by atoms with E-state index in [2.05, 4.69) is 15.5 Å². The maximum atomic E-state index is 12.8. The summed E-state index contributed by atoms with van der Waals surface area (Å²) in [6, 6.07) is 2.82. The first-order chi connectivity index (χ1) is 11.7. The molecule has 2 aromatic rings. The molecule has 1 unspecified atom stereocenters. The Bertz CT molecular complexity index is 858. The Kier molecular flexibility index (Phi) is 4.69. The zero-order valence-corrected chi connectivity index (χ0v) is 15.9. The van der Waals surface area contributed by atoms with Gasteiger partial charge in [-0.3, -0.25) is 4.79 Å². The van der Waals surface area contributed by atoms with Gasteiger partial charge in [0, 0.05) is 13.5 Å². The molecule has 25 heavy (non-hydrogen) atoms. The van der Waals surface area contributed by atoms with Crippen LogP contribution in [0.15, 0.2) is 26.2 Å². The van der Waals surface area contributed by atoms with Crippen molar-refractivity contribution in [1.82, 2.24) is 19.8 Å². The second kappa shape index (κ2) is 6.50. The van der Waals surface area contributed by atoms with Crippen LogP contribution in [0.2, 0.25) is 0 Å². The zero-order chi connectivity index (χ0) is 18.2. The monoisotopic (exact) mass is 384 g/mol. The highest BCUT2D eigenvalue weighted by molar-refractivity contribution is 7.91. The minimum absolute atomic E-state index is 0.209. The van der Waals surface area contributed by atoms with Crippen molar-refractivity contribution in [2.45, 2.75) is 49.4 Å². The van der Waals surface area contributed by atoms with Gasteiger partial charge in [-0.2, -0.15) is 9.29 Å². The predicted molar refractivity (Wildman–Crippen MR) is 91.3 cm³/mol. The number of thiophene rings is 1. The molecule has 0 radical (unpaired) electrons. The Morgan fingerprint density at radius 3 is 2.88 bits per heavy atom. The SMILES string of the molecule is CC(=O)NC(C)(C)c1noc(C2CCCN2S(=O)(=O)c2cccs2)n1. The Balaban J connectivity index is 1.88. The summed E-state index contributed by atoms with van der Waals surface area (Å²) < 4.78 is 32.7. The van der Waals surface area contributed by atoms with Crippen LogP contribution in [-0.4, -0.2) is 35.3 Å². The van der Waals surface area contributed by atoms with Crippen LogP contribution in [0.25, 0.3) is 0 Å². The number of rotatable bonds is 5. The molecule has 2 aromatic heterocycles. The first kappa shape index (κ1) is 18.0. The standard InChI is InChI=1S/C15H20N4O4S2/c1-10(20)17-15(2,3)14-16-13(23-18-14)11-6-4-8-19(11)25(21,22)12-7-5-9-24-12/h5,7,9,11H,4,6,8H2,1-3H3,(H,17,20). The number of carbonyl (C=O) groups is 1. The Morgan fingerprint density at radius 1 is 1.48 bits per heavy atom. The lowest BCUT2D eigenvalue weighted by Gasteiger charge is -2.22. The van der Waals surface area contributed by atoms with Crippen molar-refractivity contribution in [3.8, 4) is 0 Å². The van der Waals surface area contributed by atoms with Crippen LogP contribution in [0.4, 0.5) is 0 Å². The minimum Gasteiger partial charge on any atom is -0.344 e. The quantitative estimate of drug-likeness (QED) is 0.845. The average molecular weight is 384 g/mol. The van der Waals surface area contributed by atoms with Gasteiger partial charge < -0.3 is 9.84 Å². The molecule has 0 bridgehead atoms. The van der Waals surface area contributed by atoms with Crippen molar-refractivity contribution >= 4 is 27.3 Å². The van der Waals surface area contributed by atoms with Gasteiger partial charge in [0.05, 0.1) is 5.54 Å². The summed E-state index contributed by atoms with van der Waals surface area (Å²) in [7, 11) is -3.58. The third-order valence-electron chi connectivity index (χ3n) is 4.04. The normalized spacial score (nSPS) is 19.2. The highest BCUT2D eigenvalue weighted by Crippen LogP contribution is 2.37. The van der Waals surface area contributed by atoms with Gasteiger partial charge in [-0.25, -0.2) is 8.42 Å². The van der Waals surface area contributed by atoms with Gasteiger partial charge in [-0.15, -0.1) is 11.3 Å². The van der Waals surface area contributed by atoms with Crippen LogP contribution < -0.4 is 5.32 Å². The van der Waals surface area contributed by atoms with Crippen LogP contribution in [0.5, 0.6) is 0 Å². The molecule has 1 N–H and O–H groups in total. The molecular weight excluding hydrogens is 364 g/mol. The topological polar surface area (TPSA) is 105 Å². The fraction of sp³-hybridized carbons (Fsp3) is 0.533. The number of hydrogen-bond acceptors (Lipinski definition) is 7. The average Bonchev–Trinajstić information content (AvgIpc) is 3.26. The maximum Gasteiger partial charge on any atom is 0.253 e. The van der Waals surface area contributed by atoms with Crippen LogP contribution in [0.3, 0.4) is 0 Å². The maximum absolute atomic E-state index is 12.8. The molecule has 3 heterocycles. The third kappa shape index (κ3) is 3.46. The smallest absolute Gasteiger partial charge is 0.253 e. The number of amides is 1. The van der Waals surface area contributed by atoms with E-state index in [4.69, 9.17) is 4.52 Å². The van der Waals surface area contributed by atoms with E-state index in [-0.39, 0.29) is 11.8 Å². The van der Waals surface area contributed by atoms with Crippen molar-refractivity contribution in [1.29, 1.82) is 0 Å².